The molecule has 0 bridgehead atoms. The second-order valence-corrected chi connectivity index (χ2v) is 8.94. The summed E-state index contributed by atoms with van der Waals surface area (Å²) in [6.07, 6.45) is -0.329. The number of benzene rings is 1. The van der Waals surface area contributed by atoms with Crippen LogP contribution in [0.2, 0.25) is 0 Å². The molecule has 0 saturated heterocycles. The van der Waals surface area contributed by atoms with Gasteiger partial charge in [0.2, 0.25) is 5.91 Å². The van der Waals surface area contributed by atoms with Crippen molar-refractivity contribution < 1.29 is 31.5 Å². The Labute approximate surface area is 180 Å². The highest BCUT2D eigenvalue weighted by Gasteiger charge is 2.34. The SMILES string of the molecule is O=C([C@@H](CO)c1ccccc1F)N1Cc2cn(S(=O)(=O)c3ccn(CC(F)F)n3)nc2C1. The van der Waals surface area contributed by atoms with Crippen LogP contribution in [0.4, 0.5) is 13.2 Å². The first kappa shape index (κ1) is 22.0. The molecule has 1 aliphatic heterocycles. The Morgan fingerprint density at radius 3 is 2.56 bits per heavy atom. The predicted molar refractivity (Wildman–Crippen MR) is 104 cm³/mol. The molecule has 1 aromatic carbocycles. The summed E-state index contributed by atoms with van der Waals surface area (Å²) in [6.45, 7) is -1.34. The number of aliphatic hydroxyl groups excluding tert-OH is 1. The predicted octanol–water partition coefficient (Wildman–Crippen LogP) is 1.34. The van der Waals surface area contributed by atoms with Crippen LogP contribution in [0.15, 0.2) is 47.8 Å². The van der Waals surface area contributed by atoms with Gasteiger partial charge in [-0.05, 0) is 12.1 Å². The molecule has 1 N–H and O–H groups in total. The lowest BCUT2D eigenvalue weighted by Crippen LogP contribution is -2.33. The smallest absolute Gasteiger partial charge is 0.302 e. The summed E-state index contributed by atoms with van der Waals surface area (Å²) in [5.41, 5.74) is 0.842. The molecule has 13 heteroatoms. The average molecular weight is 469 g/mol. The minimum atomic E-state index is -4.20. The first-order valence-corrected chi connectivity index (χ1v) is 10.9. The Morgan fingerprint density at radius 2 is 1.91 bits per heavy atom. The van der Waals surface area contributed by atoms with Crippen molar-refractivity contribution in [1.82, 2.24) is 23.9 Å². The zero-order chi connectivity index (χ0) is 23.0. The van der Waals surface area contributed by atoms with Crippen molar-refractivity contribution in [3.8, 4) is 0 Å². The second kappa shape index (κ2) is 8.39. The van der Waals surface area contributed by atoms with E-state index < -0.39 is 52.3 Å². The Kier molecular flexibility index (Phi) is 5.77. The Bertz CT molecular complexity index is 1230. The van der Waals surface area contributed by atoms with Gasteiger partial charge < -0.3 is 10.0 Å². The molecule has 0 aliphatic carbocycles. The van der Waals surface area contributed by atoms with Gasteiger partial charge >= 0.3 is 10.0 Å². The van der Waals surface area contributed by atoms with Gasteiger partial charge in [-0.15, -0.1) is 0 Å². The van der Waals surface area contributed by atoms with E-state index in [2.05, 4.69) is 10.2 Å². The van der Waals surface area contributed by atoms with E-state index in [1.807, 2.05) is 0 Å². The number of hydrogen-bond acceptors (Lipinski definition) is 6. The highest BCUT2D eigenvalue weighted by molar-refractivity contribution is 7.89. The van der Waals surface area contributed by atoms with Crippen LogP contribution in [0.1, 0.15) is 22.7 Å². The number of amides is 1. The third-order valence-corrected chi connectivity index (χ3v) is 6.51. The summed E-state index contributed by atoms with van der Waals surface area (Å²) in [4.78, 5) is 14.2. The Morgan fingerprint density at radius 1 is 1.16 bits per heavy atom. The summed E-state index contributed by atoms with van der Waals surface area (Å²) < 4.78 is 66.0. The molecule has 3 heterocycles. The molecule has 170 valence electrons. The van der Waals surface area contributed by atoms with Crippen LogP contribution in [-0.4, -0.2) is 56.3 Å². The van der Waals surface area contributed by atoms with Crippen molar-refractivity contribution in [2.75, 3.05) is 6.61 Å². The van der Waals surface area contributed by atoms with Gasteiger partial charge in [-0.25, -0.2) is 13.2 Å². The molecule has 0 fully saturated rings. The van der Waals surface area contributed by atoms with Crippen molar-refractivity contribution in [1.29, 1.82) is 0 Å². The number of nitrogens with zero attached hydrogens (tertiary/aromatic N) is 5. The second-order valence-electron chi connectivity index (χ2n) is 7.20. The lowest BCUT2D eigenvalue weighted by Gasteiger charge is -2.22. The van der Waals surface area contributed by atoms with Crippen molar-refractivity contribution in [3.63, 3.8) is 0 Å². The van der Waals surface area contributed by atoms with E-state index in [0.29, 0.717) is 15.3 Å². The van der Waals surface area contributed by atoms with Crippen molar-refractivity contribution in [2.24, 2.45) is 0 Å². The molecule has 2 aromatic heterocycles. The molecule has 9 nitrogen and oxygen atoms in total. The normalized spacial score (nSPS) is 14.7. The largest absolute Gasteiger partial charge is 0.395 e. The van der Waals surface area contributed by atoms with Gasteiger partial charge in [0.05, 0.1) is 24.8 Å². The van der Waals surface area contributed by atoms with Crippen LogP contribution < -0.4 is 0 Å². The number of aromatic nitrogens is 4. The molecular formula is C19H18F3N5O4S. The molecule has 0 radical (unpaired) electrons. The number of halogens is 3. The maximum absolute atomic E-state index is 14.1. The van der Waals surface area contributed by atoms with Crippen LogP contribution in [0.25, 0.3) is 0 Å². The average Bonchev–Trinajstić information content (AvgIpc) is 3.44. The first-order chi connectivity index (χ1) is 15.2. The van der Waals surface area contributed by atoms with Crippen molar-refractivity contribution in [3.05, 3.63) is 65.4 Å². The zero-order valence-corrected chi connectivity index (χ0v) is 17.3. The van der Waals surface area contributed by atoms with E-state index in [-0.39, 0.29) is 18.7 Å². The number of rotatable bonds is 7. The number of hydrogen-bond donors (Lipinski definition) is 1. The van der Waals surface area contributed by atoms with Gasteiger partial charge in [0, 0.05) is 30.1 Å². The molecule has 32 heavy (non-hydrogen) atoms. The molecule has 1 amide bonds. The van der Waals surface area contributed by atoms with Crippen LogP contribution >= 0.6 is 0 Å². The van der Waals surface area contributed by atoms with Crippen LogP contribution in [0.5, 0.6) is 0 Å². The maximum atomic E-state index is 14.1. The summed E-state index contributed by atoms with van der Waals surface area (Å²) in [6, 6.07) is 6.75. The number of carbonyl (C=O) groups excluding carboxylic acids is 1. The monoisotopic (exact) mass is 469 g/mol. The standard InChI is InChI=1S/C19H18F3N5O4S/c20-15-4-2-1-3-13(15)14(11-28)19(29)25-7-12-8-27(23-16(12)9-25)32(30,31)18-5-6-26(24-18)10-17(21)22/h1-6,8,14,17,28H,7,9-11H2/t14-/m0/s1. The third-order valence-electron chi connectivity index (χ3n) is 5.08. The number of fused-ring (bicyclic) bond motifs is 1. The number of alkyl halides is 2. The fraction of sp³-hybridized carbons (Fsp3) is 0.316. The molecule has 1 atom stereocenters. The van der Waals surface area contributed by atoms with E-state index in [4.69, 9.17) is 0 Å². The summed E-state index contributed by atoms with van der Waals surface area (Å²) >= 11 is 0. The van der Waals surface area contributed by atoms with Gasteiger partial charge in [-0.3, -0.25) is 9.48 Å². The van der Waals surface area contributed by atoms with Crippen LogP contribution in [0, 0.1) is 5.82 Å². The number of carbonyl (C=O) groups is 1. The number of aliphatic hydroxyl groups is 1. The van der Waals surface area contributed by atoms with Crippen LogP contribution in [-0.2, 0) is 34.5 Å². The van der Waals surface area contributed by atoms with Gasteiger partial charge in [0.1, 0.15) is 12.4 Å². The summed E-state index contributed by atoms with van der Waals surface area (Å²) in [5.74, 6) is -2.23. The molecule has 0 unspecified atom stereocenters. The molecule has 4 rings (SSSR count). The fourth-order valence-electron chi connectivity index (χ4n) is 3.51. The summed E-state index contributed by atoms with van der Waals surface area (Å²) in [5, 5.41) is 16.9. The molecule has 3 aromatic rings. The van der Waals surface area contributed by atoms with E-state index in [1.54, 1.807) is 6.07 Å². The third kappa shape index (κ3) is 4.00. The van der Waals surface area contributed by atoms with Gasteiger partial charge in [-0.1, -0.05) is 18.2 Å². The minimum absolute atomic E-state index is 0.0223. The van der Waals surface area contributed by atoms with Crippen molar-refractivity contribution in [2.45, 2.75) is 37.0 Å². The van der Waals surface area contributed by atoms with Crippen molar-refractivity contribution >= 4 is 15.9 Å². The molecule has 0 spiro atoms. The topological polar surface area (TPSA) is 110 Å². The fourth-order valence-corrected chi connectivity index (χ4v) is 4.62. The Hall–Kier alpha value is -3.19. The quantitative estimate of drug-likeness (QED) is 0.559. The van der Waals surface area contributed by atoms with E-state index in [1.165, 1.54) is 29.3 Å². The van der Waals surface area contributed by atoms with Crippen LogP contribution in [0.3, 0.4) is 0 Å². The minimum Gasteiger partial charge on any atom is -0.395 e. The first-order valence-electron chi connectivity index (χ1n) is 9.49. The van der Waals surface area contributed by atoms with E-state index in [0.717, 1.165) is 16.9 Å². The Balaban J connectivity index is 1.52. The van der Waals surface area contributed by atoms with Gasteiger partial charge in [-0.2, -0.15) is 22.7 Å². The lowest BCUT2D eigenvalue weighted by atomic mass is 9.98. The van der Waals surface area contributed by atoms with Gasteiger partial charge in [0.15, 0.2) is 5.03 Å². The zero-order valence-electron chi connectivity index (χ0n) is 16.5. The maximum Gasteiger partial charge on any atom is 0.302 e. The highest BCUT2D eigenvalue weighted by atomic mass is 32.2. The molecular weight excluding hydrogens is 451 g/mol. The highest BCUT2D eigenvalue weighted by Crippen LogP contribution is 2.28. The van der Waals surface area contributed by atoms with Gasteiger partial charge in [0.25, 0.3) is 6.43 Å². The molecule has 1 aliphatic rings. The summed E-state index contributed by atoms with van der Waals surface area (Å²) in [7, 11) is -4.20. The molecule has 0 saturated carbocycles. The lowest BCUT2D eigenvalue weighted by molar-refractivity contribution is -0.134. The van der Waals surface area contributed by atoms with E-state index in [9.17, 15) is 31.5 Å². The van der Waals surface area contributed by atoms with E-state index >= 15 is 0 Å².